The lowest BCUT2D eigenvalue weighted by molar-refractivity contribution is 0.359. The van der Waals surface area contributed by atoms with Crippen LogP contribution in [-0.4, -0.2) is 24.6 Å². The van der Waals surface area contributed by atoms with Gasteiger partial charge >= 0.3 is 0 Å². The first-order chi connectivity index (χ1) is 9.71. The molecule has 2 aliphatic rings. The van der Waals surface area contributed by atoms with Crippen molar-refractivity contribution < 1.29 is 4.74 Å². The molecule has 0 unspecified atom stereocenters. The summed E-state index contributed by atoms with van der Waals surface area (Å²) in [7, 11) is 1.71. The van der Waals surface area contributed by atoms with Crippen LogP contribution in [0.1, 0.15) is 31.2 Å². The van der Waals surface area contributed by atoms with E-state index in [1.807, 2.05) is 17.8 Å². The molecular weight excluding hydrogens is 268 g/mol. The van der Waals surface area contributed by atoms with E-state index >= 15 is 0 Å². The van der Waals surface area contributed by atoms with Gasteiger partial charge in [-0.1, -0.05) is 30.7 Å². The molecule has 0 aromatic heterocycles. The van der Waals surface area contributed by atoms with E-state index in [0.717, 1.165) is 23.1 Å². The molecule has 1 spiro atoms. The third-order valence-corrected chi connectivity index (χ3v) is 5.60. The summed E-state index contributed by atoms with van der Waals surface area (Å²) in [4.78, 5) is 4.78. The third-order valence-electron chi connectivity index (χ3n) is 4.33. The normalized spacial score (nSPS) is 20.8. The van der Waals surface area contributed by atoms with Crippen LogP contribution < -0.4 is 10.1 Å². The van der Waals surface area contributed by atoms with Crippen LogP contribution in [0.5, 0.6) is 5.75 Å². The monoisotopic (exact) mass is 290 g/mol. The van der Waals surface area contributed by atoms with E-state index < -0.39 is 0 Å². The Balaban J connectivity index is 1.72. The van der Waals surface area contributed by atoms with Gasteiger partial charge in [0.05, 0.1) is 12.8 Å². The highest BCUT2D eigenvalue weighted by atomic mass is 32.2. The van der Waals surface area contributed by atoms with E-state index in [1.165, 1.54) is 37.0 Å². The van der Waals surface area contributed by atoms with Gasteiger partial charge in [0.2, 0.25) is 0 Å². The van der Waals surface area contributed by atoms with Crippen molar-refractivity contribution in [1.29, 1.82) is 0 Å². The molecule has 4 heteroatoms. The SMILES string of the molecule is COc1ccc(C)cc1NC1=NCC2(CCCC2)CS1. The molecule has 0 amide bonds. The van der Waals surface area contributed by atoms with Gasteiger partial charge in [0.1, 0.15) is 5.75 Å². The topological polar surface area (TPSA) is 33.6 Å². The Morgan fingerprint density at radius 1 is 1.30 bits per heavy atom. The second-order valence-electron chi connectivity index (χ2n) is 5.95. The van der Waals surface area contributed by atoms with Crippen molar-refractivity contribution in [2.75, 3.05) is 24.7 Å². The molecule has 1 heterocycles. The van der Waals surface area contributed by atoms with Gasteiger partial charge in [-0.05, 0) is 42.9 Å². The van der Waals surface area contributed by atoms with Gasteiger partial charge in [-0.3, -0.25) is 4.99 Å². The molecule has 1 aliphatic heterocycles. The molecule has 0 atom stereocenters. The van der Waals surface area contributed by atoms with E-state index in [-0.39, 0.29) is 0 Å². The molecule has 3 nitrogen and oxygen atoms in total. The van der Waals surface area contributed by atoms with Crippen molar-refractivity contribution >= 4 is 22.6 Å². The van der Waals surface area contributed by atoms with Crippen molar-refractivity contribution in [3.05, 3.63) is 23.8 Å². The van der Waals surface area contributed by atoms with Gasteiger partial charge in [0.15, 0.2) is 5.17 Å². The molecular formula is C16H22N2OS. The van der Waals surface area contributed by atoms with E-state index in [4.69, 9.17) is 9.73 Å². The molecule has 3 rings (SSSR count). The highest BCUT2D eigenvalue weighted by Crippen LogP contribution is 2.43. The highest BCUT2D eigenvalue weighted by Gasteiger charge is 2.36. The van der Waals surface area contributed by atoms with E-state index in [9.17, 15) is 0 Å². The van der Waals surface area contributed by atoms with Crippen LogP contribution in [0.2, 0.25) is 0 Å². The van der Waals surface area contributed by atoms with Crippen molar-refractivity contribution in [2.45, 2.75) is 32.6 Å². The number of hydrogen-bond donors (Lipinski definition) is 1. The maximum absolute atomic E-state index is 5.41. The summed E-state index contributed by atoms with van der Waals surface area (Å²) in [5.41, 5.74) is 2.73. The largest absolute Gasteiger partial charge is 0.495 e. The fourth-order valence-electron chi connectivity index (χ4n) is 3.09. The lowest BCUT2D eigenvalue weighted by Gasteiger charge is -2.31. The molecule has 1 N–H and O–H groups in total. The van der Waals surface area contributed by atoms with E-state index in [2.05, 4.69) is 24.4 Å². The summed E-state index contributed by atoms with van der Waals surface area (Å²) < 4.78 is 5.41. The zero-order chi connectivity index (χ0) is 14.0. The van der Waals surface area contributed by atoms with Gasteiger partial charge < -0.3 is 10.1 Å². The lowest BCUT2D eigenvalue weighted by Crippen LogP contribution is -2.30. The number of amidine groups is 1. The standard InChI is InChI=1S/C16H22N2OS/c1-12-5-6-14(19-2)13(9-12)18-15-17-10-16(11-20-15)7-3-4-8-16/h5-6,9H,3-4,7-8,10-11H2,1-2H3,(H,17,18). The minimum atomic E-state index is 0.493. The molecule has 0 radical (unpaired) electrons. The Labute approximate surface area is 125 Å². The van der Waals surface area contributed by atoms with Gasteiger partial charge in [0, 0.05) is 12.3 Å². The fourth-order valence-corrected chi connectivity index (χ4v) is 4.25. The van der Waals surface area contributed by atoms with Crippen molar-refractivity contribution in [2.24, 2.45) is 10.4 Å². The Morgan fingerprint density at radius 3 is 2.75 bits per heavy atom. The summed E-state index contributed by atoms with van der Waals surface area (Å²) in [5, 5.41) is 4.47. The number of aryl methyl sites for hydroxylation is 1. The van der Waals surface area contributed by atoms with Crippen LogP contribution in [0.3, 0.4) is 0 Å². The van der Waals surface area contributed by atoms with Gasteiger partial charge in [0.25, 0.3) is 0 Å². The molecule has 1 aromatic rings. The Hall–Kier alpha value is -1.16. The van der Waals surface area contributed by atoms with E-state index in [1.54, 1.807) is 7.11 Å². The number of anilines is 1. The molecule has 1 saturated carbocycles. The highest BCUT2D eigenvalue weighted by molar-refractivity contribution is 8.14. The average Bonchev–Trinajstić information content (AvgIpc) is 2.90. The maximum Gasteiger partial charge on any atom is 0.161 e. The van der Waals surface area contributed by atoms with Crippen LogP contribution in [0, 0.1) is 12.3 Å². The minimum absolute atomic E-state index is 0.493. The first kappa shape index (κ1) is 13.8. The van der Waals surface area contributed by atoms with Crippen LogP contribution >= 0.6 is 11.8 Å². The summed E-state index contributed by atoms with van der Waals surface area (Å²) in [5.74, 6) is 2.08. The van der Waals surface area contributed by atoms with Crippen LogP contribution in [0.4, 0.5) is 5.69 Å². The molecule has 20 heavy (non-hydrogen) atoms. The van der Waals surface area contributed by atoms with E-state index in [0.29, 0.717) is 5.41 Å². The summed E-state index contributed by atoms with van der Waals surface area (Å²) in [6, 6.07) is 6.18. The molecule has 1 fully saturated rings. The second-order valence-corrected chi connectivity index (χ2v) is 6.91. The van der Waals surface area contributed by atoms with Gasteiger partial charge in [-0.2, -0.15) is 0 Å². The lowest BCUT2D eigenvalue weighted by atomic mass is 9.89. The van der Waals surface area contributed by atoms with Crippen molar-refractivity contribution in [1.82, 2.24) is 0 Å². The van der Waals surface area contributed by atoms with Gasteiger partial charge in [-0.25, -0.2) is 0 Å². The number of nitrogens with one attached hydrogen (secondary N) is 1. The van der Waals surface area contributed by atoms with Crippen LogP contribution in [-0.2, 0) is 0 Å². The number of benzene rings is 1. The first-order valence-corrected chi connectivity index (χ1v) is 8.28. The number of nitrogens with zero attached hydrogens (tertiary/aromatic N) is 1. The second kappa shape index (κ2) is 5.68. The number of rotatable bonds is 2. The molecule has 1 aromatic carbocycles. The quantitative estimate of drug-likeness (QED) is 0.891. The molecule has 108 valence electrons. The minimum Gasteiger partial charge on any atom is -0.495 e. The predicted octanol–water partition coefficient (Wildman–Crippen LogP) is 4.08. The number of methoxy groups -OCH3 is 1. The number of ether oxygens (including phenoxy) is 1. The first-order valence-electron chi connectivity index (χ1n) is 7.30. The van der Waals surface area contributed by atoms with Crippen molar-refractivity contribution in [3.8, 4) is 5.75 Å². The summed E-state index contributed by atoms with van der Waals surface area (Å²) in [6.07, 6.45) is 5.46. The zero-order valence-electron chi connectivity index (χ0n) is 12.2. The molecule has 1 aliphatic carbocycles. The molecule has 0 bridgehead atoms. The average molecular weight is 290 g/mol. The van der Waals surface area contributed by atoms with Gasteiger partial charge in [-0.15, -0.1) is 0 Å². The molecule has 0 saturated heterocycles. The Bertz CT molecular complexity index is 521. The Morgan fingerprint density at radius 2 is 2.10 bits per heavy atom. The van der Waals surface area contributed by atoms with Crippen molar-refractivity contribution in [3.63, 3.8) is 0 Å². The maximum atomic E-state index is 5.41. The predicted molar refractivity (Wildman–Crippen MR) is 87.0 cm³/mol. The fraction of sp³-hybridized carbons (Fsp3) is 0.562. The van der Waals surface area contributed by atoms with Crippen LogP contribution in [0.25, 0.3) is 0 Å². The number of thioether (sulfide) groups is 1. The summed E-state index contributed by atoms with van der Waals surface area (Å²) >= 11 is 1.86. The van der Waals surface area contributed by atoms with Crippen LogP contribution in [0.15, 0.2) is 23.2 Å². The smallest absolute Gasteiger partial charge is 0.161 e. The number of aliphatic imine (C=N–C) groups is 1. The third kappa shape index (κ3) is 2.80. The Kier molecular flexibility index (Phi) is 3.92. The number of hydrogen-bond acceptors (Lipinski definition) is 4. The zero-order valence-corrected chi connectivity index (χ0v) is 13.1. The summed E-state index contributed by atoms with van der Waals surface area (Å²) in [6.45, 7) is 3.07.